The van der Waals surface area contributed by atoms with E-state index in [1.807, 2.05) is 58.2 Å². The number of carboxylic acids is 1. The number of nitrogens with zero attached hydrogens (tertiary/aromatic N) is 3. The minimum absolute atomic E-state index is 0.374. The number of carboxylic acid groups (broad SMARTS) is 1. The summed E-state index contributed by atoms with van der Waals surface area (Å²) in [7, 11) is 0. The molecular formula is C24H28N4O4. The number of carbonyl (C=O) groups excluding carboxylic acids is 1. The Morgan fingerprint density at radius 2 is 2.03 bits per heavy atom. The number of ether oxygens (including phenoxy) is 1. The normalized spacial score (nSPS) is 11.8. The van der Waals surface area contributed by atoms with Crippen LogP contribution < -0.4 is 5.32 Å². The molecule has 168 valence electrons. The van der Waals surface area contributed by atoms with Crippen LogP contribution in [0.25, 0.3) is 16.8 Å². The lowest BCUT2D eigenvalue weighted by Crippen LogP contribution is -2.32. The van der Waals surface area contributed by atoms with Crippen molar-refractivity contribution in [3.05, 3.63) is 65.6 Å². The van der Waals surface area contributed by atoms with Crippen LogP contribution in [0.3, 0.4) is 0 Å². The van der Waals surface area contributed by atoms with Gasteiger partial charge in [-0.15, -0.1) is 0 Å². The summed E-state index contributed by atoms with van der Waals surface area (Å²) in [6, 6.07) is 8.01. The van der Waals surface area contributed by atoms with Gasteiger partial charge in [-0.25, -0.2) is 19.1 Å². The quantitative estimate of drug-likeness (QED) is 0.535. The predicted octanol–water partition coefficient (Wildman–Crippen LogP) is 4.30. The zero-order valence-corrected chi connectivity index (χ0v) is 18.8. The van der Waals surface area contributed by atoms with Crippen LogP contribution in [0.4, 0.5) is 4.79 Å². The minimum atomic E-state index is -0.944. The number of rotatable bonds is 7. The first-order valence-electron chi connectivity index (χ1n) is 10.4. The van der Waals surface area contributed by atoms with Crippen LogP contribution in [0.5, 0.6) is 0 Å². The first kappa shape index (κ1) is 23.0. The molecule has 0 radical (unpaired) electrons. The molecule has 0 unspecified atom stereocenters. The molecule has 8 nitrogen and oxygen atoms in total. The van der Waals surface area contributed by atoms with Crippen LogP contribution in [-0.2, 0) is 22.5 Å². The first-order valence-corrected chi connectivity index (χ1v) is 10.4. The molecule has 0 aliphatic rings. The number of hydrogen-bond acceptors (Lipinski definition) is 5. The minimum Gasteiger partial charge on any atom is -0.478 e. The van der Waals surface area contributed by atoms with Gasteiger partial charge in [-0.1, -0.05) is 18.2 Å². The maximum absolute atomic E-state index is 11.9. The average molecular weight is 437 g/mol. The first-order chi connectivity index (χ1) is 15.1. The van der Waals surface area contributed by atoms with Crippen LogP contribution >= 0.6 is 0 Å². The van der Waals surface area contributed by atoms with Crippen molar-refractivity contribution >= 4 is 17.6 Å². The molecule has 0 aliphatic heterocycles. The molecule has 32 heavy (non-hydrogen) atoms. The van der Waals surface area contributed by atoms with Crippen LogP contribution in [0.2, 0.25) is 0 Å². The fourth-order valence-electron chi connectivity index (χ4n) is 3.30. The van der Waals surface area contributed by atoms with E-state index in [9.17, 15) is 9.59 Å². The Balaban J connectivity index is 1.76. The second-order valence-electron chi connectivity index (χ2n) is 8.56. The van der Waals surface area contributed by atoms with E-state index < -0.39 is 17.7 Å². The molecule has 8 heteroatoms. The molecule has 3 aromatic rings. The molecule has 2 aromatic heterocycles. The van der Waals surface area contributed by atoms with Gasteiger partial charge in [-0.2, -0.15) is 5.10 Å². The van der Waals surface area contributed by atoms with Crippen LogP contribution in [-0.4, -0.2) is 37.4 Å². The van der Waals surface area contributed by atoms with E-state index >= 15 is 0 Å². The molecule has 0 fully saturated rings. The Labute approximate surface area is 186 Å². The highest BCUT2D eigenvalue weighted by atomic mass is 16.6. The highest BCUT2D eigenvalue weighted by molar-refractivity contribution is 5.79. The third-order valence-corrected chi connectivity index (χ3v) is 4.76. The molecule has 2 heterocycles. The summed E-state index contributed by atoms with van der Waals surface area (Å²) in [5.74, 6) is -0.944. The molecule has 0 bridgehead atoms. The van der Waals surface area contributed by atoms with Gasteiger partial charge in [-0.05, 0) is 69.4 Å². The van der Waals surface area contributed by atoms with Crippen molar-refractivity contribution in [3.8, 4) is 11.3 Å². The standard InChI is InChI=1S/C24H28N4O4/c1-16-11-18(9-10-19(16)13-25-23(31)32-24(2,3)4)22-20-12-17(7-5-6-8-21(29)30)14-28(20)27-15-26-22/h6,8-12,14-15H,5,7,13H2,1-4H3,(H,25,31)(H,29,30)/b8-6+. The molecule has 0 atom stereocenters. The summed E-state index contributed by atoms with van der Waals surface area (Å²) in [5, 5.41) is 15.8. The maximum Gasteiger partial charge on any atom is 0.407 e. The number of nitrogens with one attached hydrogen (secondary N) is 1. The predicted molar refractivity (Wildman–Crippen MR) is 121 cm³/mol. The van der Waals surface area contributed by atoms with Gasteiger partial charge in [0, 0.05) is 24.4 Å². The highest BCUT2D eigenvalue weighted by Crippen LogP contribution is 2.26. The summed E-state index contributed by atoms with van der Waals surface area (Å²) in [5.41, 5.74) is 5.17. The smallest absolute Gasteiger partial charge is 0.407 e. The van der Waals surface area contributed by atoms with Gasteiger partial charge in [0.2, 0.25) is 0 Å². The fraction of sp³-hybridized carbons (Fsp3) is 0.333. The van der Waals surface area contributed by atoms with Crippen LogP contribution in [0.15, 0.2) is 48.9 Å². The zero-order valence-electron chi connectivity index (χ0n) is 18.8. The molecule has 2 N–H and O–H groups in total. The maximum atomic E-state index is 11.9. The third kappa shape index (κ3) is 6.16. The lowest BCUT2D eigenvalue weighted by molar-refractivity contribution is -0.131. The number of aromatic nitrogens is 3. The fourth-order valence-corrected chi connectivity index (χ4v) is 3.30. The Morgan fingerprint density at radius 3 is 2.72 bits per heavy atom. The number of benzene rings is 1. The molecule has 0 aliphatic carbocycles. The van der Waals surface area contributed by atoms with E-state index in [-0.39, 0.29) is 0 Å². The Morgan fingerprint density at radius 1 is 1.25 bits per heavy atom. The zero-order chi connectivity index (χ0) is 23.3. The van der Waals surface area contributed by atoms with Crippen LogP contribution in [0.1, 0.15) is 43.9 Å². The molecule has 1 amide bonds. The topological polar surface area (TPSA) is 106 Å². The van der Waals surface area contributed by atoms with Crippen molar-refractivity contribution in [2.24, 2.45) is 0 Å². The second-order valence-corrected chi connectivity index (χ2v) is 8.56. The summed E-state index contributed by atoms with van der Waals surface area (Å²) >= 11 is 0. The van der Waals surface area contributed by atoms with E-state index in [0.29, 0.717) is 19.4 Å². The largest absolute Gasteiger partial charge is 0.478 e. The van der Waals surface area contributed by atoms with Crippen LogP contribution in [0, 0.1) is 6.92 Å². The number of allylic oxidation sites excluding steroid dienone is 1. The molecule has 3 rings (SSSR count). The molecule has 1 aromatic carbocycles. The summed E-state index contributed by atoms with van der Waals surface area (Å²) in [6.07, 6.45) is 7.14. The van der Waals surface area contributed by atoms with E-state index in [1.165, 1.54) is 6.33 Å². The number of carbonyl (C=O) groups is 2. The Kier molecular flexibility index (Phi) is 6.92. The van der Waals surface area contributed by atoms with Gasteiger partial charge >= 0.3 is 12.1 Å². The lowest BCUT2D eigenvalue weighted by atomic mass is 10.0. The van der Waals surface area contributed by atoms with E-state index in [2.05, 4.69) is 15.4 Å². The van der Waals surface area contributed by atoms with E-state index in [1.54, 1.807) is 10.6 Å². The Hall–Kier alpha value is -3.68. The van der Waals surface area contributed by atoms with Gasteiger partial charge in [0.25, 0.3) is 0 Å². The lowest BCUT2D eigenvalue weighted by Gasteiger charge is -2.20. The van der Waals surface area contributed by atoms with Crippen molar-refractivity contribution < 1.29 is 19.4 Å². The molecule has 0 saturated carbocycles. The van der Waals surface area contributed by atoms with E-state index in [4.69, 9.17) is 9.84 Å². The van der Waals surface area contributed by atoms with Gasteiger partial charge in [0.1, 0.15) is 11.9 Å². The molecule has 0 spiro atoms. The average Bonchev–Trinajstić information content (AvgIpc) is 3.12. The summed E-state index contributed by atoms with van der Waals surface area (Å²) in [6.45, 7) is 7.85. The number of amides is 1. The van der Waals surface area contributed by atoms with Gasteiger partial charge in [0.15, 0.2) is 0 Å². The summed E-state index contributed by atoms with van der Waals surface area (Å²) < 4.78 is 7.07. The number of alkyl carbamates (subject to hydrolysis) is 1. The van der Waals surface area contributed by atoms with Crippen molar-refractivity contribution in [2.45, 2.75) is 52.7 Å². The number of aliphatic carboxylic acids is 1. The monoisotopic (exact) mass is 436 g/mol. The van der Waals surface area contributed by atoms with Gasteiger partial charge < -0.3 is 15.2 Å². The number of fused-ring (bicyclic) bond motifs is 1. The second kappa shape index (κ2) is 9.64. The van der Waals surface area contributed by atoms with Gasteiger partial charge in [0.05, 0.1) is 11.2 Å². The Bertz CT molecular complexity index is 1160. The molecule has 0 saturated heterocycles. The van der Waals surface area contributed by atoms with Gasteiger partial charge in [-0.3, -0.25) is 0 Å². The number of hydrogen-bond donors (Lipinski definition) is 2. The van der Waals surface area contributed by atoms with Crippen molar-refractivity contribution in [2.75, 3.05) is 0 Å². The van der Waals surface area contributed by atoms with Crippen molar-refractivity contribution in [3.63, 3.8) is 0 Å². The van der Waals surface area contributed by atoms with Crippen molar-refractivity contribution in [1.29, 1.82) is 0 Å². The number of aryl methyl sites for hydroxylation is 2. The highest BCUT2D eigenvalue weighted by Gasteiger charge is 2.16. The SMILES string of the molecule is Cc1cc(-c2ncnn3cc(CC/C=C/C(=O)O)cc23)ccc1CNC(=O)OC(C)(C)C. The third-order valence-electron chi connectivity index (χ3n) is 4.76. The van der Waals surface area contributed by atoms with Crippen molar-refractivity contribution in [1.82, 2.24) is 19.9 Å². The van der Waals surface area contributed by atoms with E-state index in [0.717, 1.165) is 39.5 Å². The molecular weight excluding hydrogens is 408 g/mol. The summed E-state index contributed by atoms with van der Waals surface area (Å²) in [4.78, 5) is 27.0.